The van der Waals surface area contributed by atoms with E-state index in [0.717, 1.165) is 5.56 Å². The summed E-state index contributed by atoms with van der Waals surface area (Å²) in [7, 11) is 0. The Morgan fingerprint density at radius 2 is 1.85 bits per heavy atom. The highest BCUT2D eigenvalue weighted by Crippen LogP contribution is 2.30. The van der Waals surface area contributed by atoms with Crippen molar-refractivity contribution in [3.05, 3.63) is 89.0 Å². The molecule has 0 fully saturated rings. The Morgan fingerprint density at radius 3 is 2.56 bits per heavy atom. The predicted octanol–water partition coefficient (Wildman–Crippen LogP) is 2.93. The lowest BCUT2D eigenvalue weighted by molar-refractivity contribution is -0.133. The third kappa shape index (κ3) is 4.41. The molecule has 8 nitrogen and oxygen atoms in total. The summed E-state index contributed by atoms with van der Waals surface area (Å²) >= 11 is 0. The molecule has 0 radical (unpaired) electrons. The zero-order chi connectivity index (χ0) is 24.3. The van der Waals surface area contributed by atoms with Crippen molar-refractivity contribution in [3.63, 3.8) is 0 Å². The van der Waals surface area contributed by atoms with E-state index in [4.69, 9.17) is 4.74 Å². The van der Waals surface area contributed by atoms with Gasteiger partial charge in [-0.05, 0) is 25.5 Å². The first-order valence-electron chi connectivity index (χ1n) is 11.0. The maximum atomic E-state index is 14.5. The minimum Gasteiger partial charge on any atom is -0.461 e. The molecule has 9 heteroatoms. The average molecular weight is 464 g/mol. The first-order valence-corrected chi connectivity index (χ1v) is 11.0. The van der Waals surface area contributed by atoms with Gasteiger partial charge in [-0.15, -0.1) is 0 Å². The normalized spacial score (nSPS) is 17.3. The third-order valence-electron chi connectivity index (χ3n) is 5.85. The molecule has 1 unspecified atom stereocenters. The van der Waals surface area contributed by atoms with E-state index < -0.39 is 29.1 Å². The molecule has 0 aliphatic carbocycles. The van der Waals surface area contributed by atoms with Gasteiger partial charge in [0.2, 0.25) is 5.91 Å². The van der Waals surface area contributed by atoms with Crippen LogP contribution in [0.25, 0.3) is 0 Å². The lowest BCUT2D eigenvalue weighted by Crippen LogP contribution is -2.63. The van der Waals surface area contributed by atoms with Crippen LogP contribution in [0.2, 0.25) is 0 Å². The van der Waals surface area contributed by atoms with Gasteiger partial charge < -0.3 is 15.0 Å². The number of aromatic nitrogens is 2. The summed E-state index contributed by atoms with van der Waals surface area (Å²) < 4.78 is 20.8. The summed E-state index contributed by atoms with van der Waals surface area (Å²) in [6, 6.07) is 16.8. The van der Waals surface area contributed by atoms with Crippen LogP contribution in [-0.4, -0.2) is 44.6 Å². The Kier molecular flexibility index (Phi) is 6.45. The van der Waals surface area contributed by atoms with E-state index in [2.05, 4.69) is 10.4 Å². The van der Waals surface area contributed by atoms with Crippen LogP contribution < -0.4 is 5.32 Å². The topological polar surface area (TPSA) is 93.5 Å². The van der Waals surface area contributed by atoms with Gasteiger partial charge in [0.25, 0.3) is 5.91 Å². The monoisotopic (exact) mass is 464 g/mol. The highest BCUT2D eigenvalue weighted by atomic mass is 19.1. The largest absolute Gasteiger partial charge is 0.461 e. The first-order chi connectivity index (χ1) is 16.3. The number of rotatable bonds is 7. The first kappa shape index (κ1) is 23.2. The van der Waals surface area contributed by atoms with Gasteiger partial charge >= 0.3 is 5.97 Å². The van der Waals surface area contributed by atoms with Crippen molar-refractivity contribution in [2.45, 2.75) is 39.0 Å². The molecule has 4 rings (SSSR count). The van der Waals surface area contributed by atoms with E-state index in [1.807, 2.05) is 30.3 Å². The van der Waals surface area contributed by atoms with E-state index in [9.17, 15) is 18.8 Å². The molecule has 1 N–H and O–H groups in total. The van der Waals surface area contributed by atoms with E-state index in [1.165, 1.54) is 21.7 Å². The SMILES string of the molecule is CCOC(=O)c1cc2n(n1)CC(C)(C(=O)NCc1ccccc1)N(Cc1ccccc1F)C2=O. The lowest BCUT2D eigenvalue weighted by atomic mass is 9.94. The van der Waals surface area contributed by atoms with Crippen LogP contribution in [0.3, 0.4) is 0 Å². The van der Waals surface area contributed by atoms with Crippen LogP contribution in [0.5, 0.6) is 0 Å². The number of nitrogens with one attached hydrogen (secondary N) is 1. The van der Waals surface area contributed by atoms with Crippen LogP contribution in [0.1, 0.15) is 46.0 Å². The standard InChI is InChI=1S/C25H25FN4O4/c1-3-34-23(32)20-13-21-22(31)29(15-18-11-7-8-12-19(18)26)25(2,16-30(21)28-20)24(33)27-14-17-9-5-4-6-10-17/h4-13H,3,14-16H2,1-2H3,(H,27,33). The lowest BCUT2D eigenvalue weighted by Gasteiger charge is -2.43. The Morgan fingerprint density at radius 1 is 1.15 bits per heavy atom. The van der Waals surface area contributed by atoms with Crippen LogP contribution in [-0.2, 0) is 29.2 Å². The minimum atomic E-state index is -1.39. The highest BCUT2D eigenvalue weighted by molar-refractivity contribution is 6.01. The second-order valence-electron chi connectivity index (χ2n) is 8.22. The van der Waals surface area contributed by atoms with Crippen LogP contribution >= 0.6 is 0 Å². The molecule has 2 heterocycles. The van der Waals surface area contributed by atoms with Crippen molar-refractivity contribution in [1.82, 2.24) is 20.0 Å². The van der Waals surface area contributed by atoms with E-state index in [-0.39, 0.29) is 43.2 Å². The molecular weight excluding hydrogens is 439 g/mol. The summed E-state index contributed by atoms with van der Waals surface area (Å²) in [5.74, 6) is -2.09. The maximum Gasteiger partial charge on any atom is 0.358 e. The van der Waals surface area contributed by atoms with Gasteiger partial charge in [-0.25, -0.2) is 9.18 Å². The molecule has 0 saturated carbocycles. The minimum absolute atomic E-state index is 0.0114. The van der Waals surface area contributed by atoms with E-state index in [0.29, 0.717) is 0 Å². The number of hydrogen-bond donors (Lipinski definition) is 1. The molecule has 34 heavy (non-hydrogen) atoms. The number of carbonyl (C=O) groups excluding carboxylic acids is 3. The molecule has 0 spiro atoms. The smallest absolute Gasteiger partial charge is 0.358 e. The number of benzene rings is 2. The number of fused-ring (bicyclic) bond motifs is 1. The van der Waals surface area contributed by atoms with Crippen molar-refractivity contribution >= 4 is 17.8 Å². The molecule has 2 amide bonds. The van der Waals surface area contributed by atoms with Crippen LogP contribution in [0.4, 0.5) is 4.39 Å². The van der Waals surface area contributed by atoms with Crippen LogP contribution in [0.15, 0.2) is 60.7 Å². The van der Waals surface area contributed by atoms with Gasteiger partial charge in [0, 0.05) is 18.2 Å². The Bertz CT molecular complexity index is 1230. The zero-order valence-corrected chi connectivity index (χ0v) is 19.0. The van der Waals surface area contributed by atoms with Crippen molar-refractivity contribution in [3.8, 4) is 0 Å². The molecule has 0 saturated heterocycles. The quantitative estimate of drug-likeness (QED) is 0.543. The summed E-state index contributed by atoms with van der Waals surface area (Å²) in [6.45, 7) is 3.57. The molecule has 176 valence electrons. The molecule has 1 atom stereocenters. The number of halogens is 1. The van der Waals surface area contributed by atoms with Gasteiger partial charge in [-0.3, -0.25) is 14.3 Å². The summed E-state index contributed by atoms with van der Waals surface area (Å²) in [5.41, 5.74) is -0.111. The number of esters is 1. The van der Waals surface area contributed by atoms with Crippen molar-refractivity contribution < 1.29 is 23.5 Å². The van der Waals surface area contributed by atoms with Crippen LogP contribution in [0, 0.1) is 5.82 Å². The highest BCUT2D eigenvalue weighted by Gasteiger charge is 2.48. The van der Waals surface area contributed by atoms with Gasteiger partial charge in [-0.2, -0.15) is 5.10 Å². The Labute approximate surface area is 196 Å². The predicted molar refractivity (Wildman–Crippen MR) is 121 cm³/mol. The number of carbonyl (C=O) groups is 3. The molecular formula is C25H25FN4O4. The molecule has 2 aromatic carbocycles. The molecule has 1 aliphatic rings. The summed E-state index contributed by atoms with van der Waals surface area (Å²) in [5, 5.41) is 7.10. The Hall–Kier alpha value is -4.01. The zero-order valence-electron chi connectivity index (χ0n) is 19.0. The van der Waals surface area contributed by atoms with Crippen molar-refractivity contribution in [2.75, 3.05) is 6.61 Å². The Balaban J connectivity index is 1.69. The van der Waals surface area contributed by atoms with Gasteiger partial charge in [-0.1, -0.05) is 48.5 Å². The number of hydrogen-bond acceptors (Lipinski definition) is 5. The summed E-state index contributed by atoms with van der Waals surface area (Å²) in [4.78, 5) is 40.5. The fraction of sp³-hybridized carbons (Fsp3) is 0.280. The fourth-order valence-corrected chi connectivity index (χ4v) is 3.96. The van der Waals surface area contributed by atoms with E-state index >= 15 is 0 Å². The average Bonchev–Trinajstić information content (AvgIpc) is 3.26. The van der Waals surface area contributed by atoms with Crippen molar-refractivity contribution in [2.24, 2.45) is 0 Å². The number of nitrogens with zero attached hydrogens (tertiary/aromatic N) is 3. The maximum absolute atomic E-state index is 14.5. The molecule has 3 aromatic rings. The fourth-order valence-electron chi connectivity index (χ4n) is 3.96. The molecule has 1 aromatic heterocycles. The molecule has 1 aliphatic heterocycles. The van der Waals surface area contributed by atoms with Gasteiger partial charge in [0.05, 0.1) is 19.7 Å². The van der Waals surface area contributed by atoms with E-state index in [1.54, 1.807) is 32.0 Å². The van der Waals surface area contributed by atoms with Gasteiger partial charge in [0.15, 0.2) is 5.69 Å². The summed E-state index contributed by atoms with van der Waals surface area (Å²) in [6.07, 6.45) is 0. The number of ether oxygens (including phenoxy) is 1. The van der Waals surface area contributed by atoms with Gasteiger partial charge in [0.1, 0.15) is 17.1 Å². The second-order valence-corrected chi connectivity index (χ2v) is 8.22. The second kappa shape index (κ2) is 9.46. The number of amides is 2. The molecule has 0 bridgehead atoms. The third-order valence-corrected chi connectivity index (χ3v) is 5.85. The van der Waals surface area contributed by atoms with Crippen molar-refractivity contribution in [1.29, 1.82) is 0 Å².